The highest BCUT2D eigenvalue weighted by atomic mass is 32.2. The molecule has 1 saturated heterocycles. The smallest absolute Gasteiger partial charge is 0.289 e. The molecule has 2 aromatic carbocycles. The first-order chi connectivity index (χ1) is 15.2. The number of aromatic nitrogens is 1. The second-order valence-corrected chi connectivity index (χ2v) is 9.30. The summed E-state index contributed by atoms with van der Waals surface area (Å²) in [6, 6.07) is 13.6. The quantitative estimate of drug-likeness (QED) is 0.434. The second kappa shape index (κ2) is 8.17. The Bertz CT molecular complexity index is 1390. The molecule has 32 heavy (non-hydrogen) atoms. The summed E-state index contributed by atoms with van der Waals surface area (Å²) in [7, 11) is -2.47. The van der Waals surface area contributed by atoms with E-state index in [0.29, 0.717) is 10.9 Å². The number of pyridine rings is 1. The lowest BCUT2D eigenvalue weighted by Gasteiger charge is -2.34. The average molecular weight is 456 g/mol. The van der Waals surface area contributed by atoms with Gasteiger partial charge in [-0.05, 0) is 12.1 Å². The first-order valence-electron chi connectivity index (χ1n) is 9.83. The highest BCUT2D eigenvalue weighted by molar-refractivity contribution is 7.89. The average Bonchev–Trinajstić information content (AvgIpc) is 2.81. The van der Waals surface area contributed by atoms with Crippen LogP contribution in [0.4, 0.5) is 5.69 Å². The van der Waals surface area contributed by atoms with Crippen molar-refractivity contribution in [2.75, 3.05) is 26.2 Å². The molecule has 0 bridgehead atoms. The number of carbonyl (C=O) groups excluding carboxylic acids is 1. The van der Waals surface area contributed by atoms with Crippen molar-refractivity contribution in [3.8, 4) is 0 Å². The Balaban J connectivity index is 1.58. The molecule has 1 fully saturated rings. The van der Waals surface area contributed by atoms with Crippen molar-refractivity contribution < 1.29 is 18.1 Å². The van der Waals surface area contributed by atoms with Gasteiger partial charge in [0.25, 0.3) is 17.2 Å². The highest BCUT2D eigenvalue weighted by Crippen LogP contribution is 2.27. The molecular formula is C21H20N4O6S. The Kier molecular flexibility index (Phi) is 5.53. The van der Waals surface area contributed by atoms with Crippen molar-refractivity contribution in [3.05, 3.63) is 80.6 Å². The molecule has 0 unspecified atom stereocenters. The van der Waals surface area contributed by atoms with Gasteiger partial charge in [0, 0.05) is 50.7 Å². The number of hydrogen-bond acceptors (Lipinski definition) is 6. The number of nitrogens with zero attached hydrogens (tertiary/aromatic N) is 4. The Morgan fingerprint density at radius 1 is 1.00 bits per heavy atom. The number of rotatable bonds is 4. The number of fused-ring (bicyclic) bond motifs is 1. The third-order valence-corrected chi connectivity index (χ3v) is 7.54. The molecule has 2 heterocycles. The Morgan fingerprint density at radius 3 is 2.31 bits per heavy atom. The van der Waals surface area contributed by atoms with Crippen LogP contribution in [0.2, 0.25) is 0 Å². The normalized spacial score (nSPS) is 15.1. The van der Waals surface area contributed by atoms with E-state index in [1.165, 1.54) is 33.7 Å². The fourth-order valence-electron chi connectivity index (χ4n) is 3.85. The maximum atomic E-state index is 13.2. The molecule has 1 amide bonds. The molecular weight excluding hydrogens is 436 g/mol. The van der Waals surface area contributed by atoms with Gasteiger partial charge in [0.2, 0.25) is 10.0 Å². The van der Waals surface area contributed by atoms with Crippen molar-refractivity contribution in [2.45, 2.75) is 4.90 Å². The van der Waals surface area contributed by atoms with Crippen LogP contribution in [0, 0.1) is 10.1 Å². The molecule has 0 spiro atoms. The van der Waals surface area contributed by atoms with Crippen molar-refractivity contribution in [1.29, 1.82) is 0 Å². The van der Waals surface area contributed by atoms with Gasteiger partial charge in [-0.1, -0.05) is 30.3 Å². The molecule has 166 valence electrons. The van der Waals surface area contributed by atoms with Gasteiger partial charge in [-0.25, -0.2) is 8.42 Å². The number of amides is 1. The van der Waals surface area contributed by atoms with E-state index in [1.807, 2.05) is 0 Å². The third kappa shape index (κ3) is 3.65. The molecule has 0 saturated carbocycles. The second-order valence-electron chi connectivity index (χ2n) is 7.39. The molecule has 1 aliphatic heterocycles. The van der Waals surface area contributed by atoms with Crippen LogP contribution >= 0.6 is 0 Å². The van der Waals surface area contributed by atoms with Crippen LogP contribution in [0.15, 0.2) is 64.3 Å². The van der Waals surface area contributed by atoms with E-state index in [4.69, 9.17) is 0 Å². The number of sulfonamides is 1. The first kappa shape index (κ1) is 21.7. The molecule has 0 N–H and O–H groups in total. The number of nitro groups is 1. The van der Waals surface area contributed by atoms with Gasteiger partial charge in [-0.3, -0.25) is 19.7 Å². The fourth-order valence-corrected chi connectivity index (χ4v) is 5.43. The SMILES string of the molecule is Cn1c(=O)cc(C(=O)N2CCN(S(=O)(=O)c3ccccc3[N+](=O)[O-])CC2)c2ccccc21. The Labute approximate surface area is 183 Å². The molecule has 10 nitrogen and oxygen atoms in total. The molecule has 1 aromatic heterocycles. The van der Waals surface area contributed by atoms with Crippen LogP contribution < -0.4 is 5.56 Å². The number of aryl methyl sites for hydroxylation is 1. The number of hydrogen-bond donors (Lipinski definition) is 0. The van der Waals surface area contributed by atoms with Crippen LogP contribution in [0.25, 0.3) is 10.9 Å². The maximum Gasteiger partial charge on any atom is 0.289 e. The van der Waals surface area contributed by atoms with Crippen LogP contribution in [-0.2, 0) is 17.1 Å². The van der Waals surface area contributed by atoms with E-state index in [2.05, 4.69) is 0 Å². The molecule has 3 aromatic rings. The Morgan fingerprint density at radius 2 is 1.62 bits per heavy atom. The van der Waals surface area contributed by atoms with Crippen LogP contribution in [-0.4, -0.2) is 59.2 Å². The number of piperazine rings is 1. The monoisotopic (exact) mass is 456 g/mol. The van der Waals surface area contributed by atoms with Gasteiger partial charge in [0.1, 0.15) is 0 Å². The van der Waals surface area contributed by atoms with Gasteiger partial charge in [0.15, 0.2) is 4.90 Å². The maximum absolute atomic E-state index is 13.2. The number of nitro benzene ring substituents is 1. The van der Waals surface area contributed by atoms with Crippen molar-refractivity contribution in [1.82, 2.24) is 13.8 Å². The summed E-state index contributed by atoms with van der Waals surface area (Å²) >= 11 is 0. The summed E-state index contributed by atoms with van der Waals surface area (Å²) in [5.41, 5.74) is 0.0851. The highest BCUT2D eigenvalue weighted by Gasteiger charge is 2.34. The van der Waals surface area contributed by atoms with Crippen molar-refractivity contribution in [3.63, 3.8) is 0 Å². The number of carbonyl (C=O) groups is 1. The van der Waals surface area contributed by atoms with Gasteiger partial charge in [-0.2, -0.15) is 4.31 Å². The minimum atomic E-state index is -4.10. The number of benzene rings is 2. The summed E-state index contributed by atoms with van der Waals surface area (Å²) in [6.45, 7) is 0.177. The van der Waals surface area contributed by atoms with Crippen LogP contribution in [0.1, 0.15) is 10.4 Å². The zero-order chi connectivity index (χ0) is 23.0. The Hall–Kier alpha value is -3.57. The lowest BCUT2D eigenvalue weighted by atomic mass is 10.1. The van der Waals surface area contributed by atoms with Gasteiger partial charge >= 0.3 is 0 Å². The van der Waals surface area contributed by atoms with Crippen LogP contribution in [0.3, 0.4) is 0 Å². The largest absolute Gasteiger partial charge is 0.336 e. The zero-order valence-electron chi connectivity index (χ0n) is 17.2. The van der Waals surface area contributed by atoms with Gasteiger partial charge in [0.05, 0.1) is 16.0 Å². The standard InChI is InChI=1S/C21H20N4O6S/c1-22-17-7-3-2-6-15(17)16(14-20(22)26)21(27)23-10-12-24(13-11-23)32(30,31)19-9-5-4-8-18(19)25(28)29/h2-9,14H,10-13H2,1H3. The van der Waals surface area contributed by atoms with E-state index >= 15 is 0 Å². The summed E-state index contributed by atoms with van der Waals surface area (Å²) in [4.78, 5) is 37.1. The molecule has 1 aliphatic rings. The van der Waals surface area contributed by atoms with Crippen molar-refractivity contribution in [2.24, 2.45) is 7.05 Å². The van der Waals surface area contributed by atoms with E-state index in [0.717, 1.165) is 10.4 Å². The molecule has 11 heteroatoms. The van der Waals surface area contributed by atoms with E-state index in [-0.39, 0.29) is 48.1 Å². The lowest BCUT2D eigenvalue weighted by Crippen LogP contribution is -2.50. The zero-order valence-corrected chi connectivity index (χ0v) is 18.0. The molecule has 4 rings (SSSR count). The summed E-state index contributed by atoms with van der Waals surface area (Å²) in [5.74, 6) is -0.360. The minimum Gasteiger partial charge on any atom is -0.336 e. The summed E-state index contributed by atoms with van der Waals surface area (Å²) in [6.07, 6.45) is 0. The lowest BCUT2D eigenvalue weighted by molar-refractivity contribution is -0.387. The molecule has 0 atom stereocenters. The minimum absolute atomic E-state index is 0.0110. The van der Waals surface area contributed by atoms with E-state index < -0.39 is 20.6 Å². The first-order valence-corrected chi connectivity index (χ1v) is 11.3. The molecule has 0 aliphatic carbocycles. The van der Waals surface area contributed by atoms with E-state index in [1.54, 1.807) is 31.3 Å². The van der Waals surface area contributed by atoms with Gasteiger partial charge in [-0.15, -0.1) is 0 Å². The fraction of sp³-hybridized carbons (Fsp3) is 0.238. The number of para-hydroxylation sites is 2. The predicted molar refractivity (Wildman–Crippen MR) is 117 cm³/mol. The predicted octanol–water partition coefficient (Wildman–Crippen LogP) is 1.59. The third-order valence-electron chi connectivity index (χ3n) is 5.59. The van der Waals surface area contributed by atoms with Crippen molar-refractivity contribution >= 4 is 32.5 Å². The summed E-state index contributed by atoms with van der Waals surface area (Å²) < 4.78 is 28.6. The van der Waals surface area contributed by atoms with E-state index in [9.17, 15) is 28.1 Å². The topological polar surface area (TPSA) is 123 Å². The van der Waals surface area contributed by atoms with Crippen LogP contribution in [0.5, 0.6) is 0 Å². The summed E-state index contributed by atoms with van der Waals surface area (Å²) in [5, 5.41) is 11.9. The van der Waals surface area contributed by atoms with Gasteiger partial charge < -0.3 is 9.47 Å². The molecule has 0 radical (unpaired) electrons.